The molecule has 0 bridgehead atoms. The first kappa shape index (κ1) is 15.2. The molecular weight excluding hydrogens is 248 g/mol. The smallest absolute Gasteiger partial charge is 0.311 e. The second-order valence-electron chi connectivity index (χ2n) is 4.74. The third kappa shape index (κ3) is 4.40. The maximum atomic E-state index is 10.8. The van der Waals surface area contributed by atoms with Crippen molar-refractivity contribution in [3.05, 3.63) is 28.3 Å². The largest absolute Gasteiger partial charge is 0.490 e. The third-order valence-corrected chi connectivity index (χ3v) is 2.84. The van der Waals surface area contributed by atoms with Crippen LogP contribution in [0, 0.1) is 10.1 Å². The Kier molecular flexibility index (Phi) is 5.11. The molecule has 0 amide bonds. The van der Waals surface area contributed by atoms with E-state index in [1.807, 2.05) is 6.92 Å². The molecule has 0 aliphatic rings. The Balaban J connectivity index is 2.78. The van der Waals surface area contributed by atoms with E-state index in [0.29, 0.717) is 18.7 Å². The van der Waals surface area contributed by atoms with Crippen molar-refractivity contribution in [2.24, 2.45) is 0 Å². The van der Waals surface area contributed by atoms with E-state index in [2.05, 4.69) is 5.32 Å². The molecule has 1 unspecified atom stereocenters. The van der Waals surface area contributed by atoms with E-state index in [1.165, 1.54) is 13.2 Å². The van der Waals surface area contributed by atoms with Gasteiger partial charge in [0.15, 0.2) is 5.75 Å². The standard InChI is InChI=1S/C13H20N2O4/c1-4-7-13(2,16)9-14-10-5-6-11(15(17)18)12(8-10)19-3/h5-6,8,14,16H,4,7,9H2,1-3H3. The van der Waals surface area contributed by atoms with E-state index in [0.717, 1.165) is 6.42 Å². The van der Waals surface area contributed by atoms with E-state index < -0.39 is 10.5 Å². The first-order valence-corrected chi connectivity index (χ1v) is 6.18. The molecule has 0 aliphatic heterocycles. The molecule has 1 atom stereocenters. The summed E-state index contributed by atoms with van der Waals surface area (Å²) in [5.74, 6) is 0.199. The number of hydrogen-bond donors (Lipinski definition) is 2. The van der Waals surface area contributed by atoms with Crippen LogP contribution in [0.3, 0.4) is 0 Å². The fraction of sp³-hybridized carbons (Fsp3) is 0.538. The van der Waals surface area contributed by atoms with Crippen LogP contribution in [0.1, 0.15) is 26.7 Å². The SMILES string of the molecule is CCCC(C)(O)CNc1ccc([N+](=O)[O-])c(OC)c1. The van der Waals surface area contributed by atoms with Crippen molar-refractivity contribution in [3.63, 3.8) is 0 Å². The zero-order valence-electron chi connectivity index (χ0n) is 11.5. The quantitative estimate of drug-likeness (QED) is 0.586. The minimum atomic E-state index is -0.802. The van der Waals surface area contributed by atoms with Crippen molar-refractivity contribution < 1.29 is 14.8 Å². The number of nitro benzene ring substituents is 1. The van der Waals surface area contributed by atoms with Crippen molar-refractivity contribution in [2.75, 3.05) is 19.0 Å². The van der Waals surface area contributed by atoms with E-state index in [9.17, 15) is 15.2 Å². The number of nitro groups is 1. The molecule has 0 spiro atoms. The molecule has 0 heterocycles. The highest BCUT2D eigenvalue weighted by Gasteiger charge is 2.19. The number of hydrogen-bond acceptors (Lipinski definition) is 5. The first-order chi connectivity index (χ1) is 8.89. The molecule has 0 radical (unpaired) electrons. The van der Waals surface area contributed by atoms with Gasteiger partial charge < -0.3 is 15.2 Å². The molecule has 2 N–H and O–H groups in total. The van der Waals surface area contributed by atoms with Crippen LogP contribution in [0.25, 0.3) is 0 Å². The zero-order valence-corrected chi connectivity index (χ0v) is 11.5. The molecule has 6 heteroatoms. The molecule has 0 saturated carbocycles. The molecule has 0 aromatic heterocycles. The van der Waals surface area contributed by atoms with Crippen molar-refractivity contribution in [2.45, 2.75) is 32.3 Å². The molecule has 0 fully saturated rings. The summed E-state index contributed by atoms with van der Waals surface area (Å²) in [6, 6.07) is 4.54. The molecule has 106 valence electrons. The topological polar surface area (TPSA) is 84.6 Å². The van der Waals surface area contributed by atoms with Crippen LogP contribution in [0.4, 0.5) is 11.4 Å². The molecular formula is C13H20N2O4. The number of nitrogens with one attached hydrogen (secondary N) is 1. The summed E-state index contributed by atoms with van der Waals surface area (Å²) in [5.41, 5.74) is -0.198. The van der Waals surface area contributed by atoms with Crippen molar-refractivity contribution >= 4 is 11.4 Å². The van der Waals surface area contributed by atoms with Gasteiger partial charge in [-0.3, -0.25) is 10.1 Å². The highest BCUT2D eigenvalue weighted by Crippen LogP contribution is 2.29. The number of methoxy groups -OCH3 is 1. The zero-order chi connectivity index (χ0) is 14.5. The Labute approximate surface area is 112 Å². The van der Waals surface area contributed by atoms with E-state index in [4.69, 9.17) is 4.74 Å². The van der Waals surface area contributed by atoms with Crippen molar-refractivity contribution in [1.82, 2.24) is 0 Å². The van der Waals surface area contributed by atoms with Crippen LogP contribution in [0.2, 0.25) is 0 Å². The minimum Gasteiger partial charge on any atom is -0.490 e. The van der Waals surface area contributed by atoms with Gasteiger partial charge >= 0.3 is 5.69 Å². The minimum absolute atomic E-state index is 0.0756. The second kappa shape index (κ2) is 6.38. The van der Waals surface area contributed by atoms with Crippen LogP contribution in [0.15, 0.2) is 18.2 Å². The van der Waals surface area contributed by atoms with Gasteiger partial charge in [0.05, 0.1) is 17.6 Å². The lowest BCUT2D eigenvalue weighted by atomic mass is 10.0. The summed E-state index contributed by atoms with van der Waals surface area (Å²) in [6.45, 7) is 4.14. The van der Waals surface area contributed by atoms with Gasteiger partial charge in [0.1, 0.15) is 0 Å². The molecule has 6 nitrogen and oxygen atoms in total. The average Bonchev–Trinajstić information content (AvgIpc) is 2.35. The monoisotopic (exact) mass is 268 g/mol. The Morgan fingerprint density at radius 3 is 2.74 bits per heavy atom. The van der Waals surface area contributed by atoms with Gasteiger partial charge in [0, 0.05) is 24.4 Å². The second-order valence-corrected chi connectivity index (χ2v) is 4.74. The lowest BCUT2D eigenvalue weighted by Crippen LogP contribution is -2.33. The Hall–Kier alpha value is -1.82. The summed E-state index contributed by atoms with van der Waals surface area (Å²) in [7, 11) is 1.39. The summed E-state index contributed by atoms with van der Waals surface area (Å²) >= 11 is 0. The fourth-order valence-corrected chi connectivity index (χ4v) is 1.86. The molecule has 1 aromatic carbocycles. The van der Waals surface area contributed by atoms with E-state index in [-0.39, 0.29) is 11.4 Å². The normalized spacial score (nSPS) is 13.7. The van der Waals surface area contributed by atoms with E-state index >= 15 is 0 Å². The number of aliphatic hydroxyl groups is 1. The lowest BCUT2D eigenvalue weighted by Gasteiger charge is -2.23. The van der Waals surface area contributed by atoms with Gasteiger partial charge in [-0.15, -0.1) is 0 Å². The van der Waals surface area contributed by atoms with Crippen molar-refractivity contribution in [1.29, 1.82) is 0 Å². The molecule has 0 saturated heterocycles. The number of ether oxygens (including phenoxy) is 1. The highest BCUT2D eigenvalue weighted by atomic mass is 16.6. The number of benzene rings is 1. The van der Waals surface area contributed by atoms with Crippen LogP contribution in [-0.4, -0.2) is 29.3 Å². The fourth-order valence-electron chi connectivity index (χ4n) is 1.86. The maximum Gasteiger partial charge on any atom is 0.311 e. The molecule has 0 aliphatic carbocycles. The molecule has 1 aromatic rings. The van der Waals surface area contributed by atoms with Gasteiger partial charge in [-0.1, -0.05) is 13.3 Å². The van der Waals surface area contributed by atoms with Gasteiger partial charge in [0.2, 0.25) is 0 Å². The summed E-state index contributed by atoms with van der Waals surface area (Å²) in [6.07, 6.45) is 1.57. The van der Waals surface area contributed by atoms with Crippen LogP contribution < -0.4 is 10.1 Å². The summed E-state index contributed by atoms with van der Waals surface area (Å²) in [4.78, 5) is 10.3. The van der Waals surface area contributed by atoms with Crippen molar-refractivity contribution in [3.8, 4) is 5.75 Å². The number of anilines is 1. The lowest BCUT2D eigenvalue weighted by molar-refractivity contribution is -0.385. The van der Waals surface area contributed by atoms with Crippen LogP contribution in [0.5, 0.6) is 5.75 Å². The molecule has 1 rings (SSSR count). The summed E-state index contributed by atoms with van der Waals surface area (Å²) < 4.78 is 4.98. The van der Waals surface area contributed by atoms with Gasteiger partial charge in [0.25, 0.3) is 0 Å². The highest BCUT2D eigenvalue weighted by molar-refractivity contribution is 5.58. The first-order valence-electron chi connectivity index (χ1n) is 6.18. The Morgan fingerprint density at radius 2 is 2.21 bits per heavy atom. The van der Waals surface area contributed by atoms with Gasteiger partial charge in [-0.2, -0.15) is 0 Å². The van der Waals surface area contributed by atoms with Crippen LogP contribution in [-0.2, 0) is 0 Å². The summed E-state index contributed by atoms with van der Waals surface area (Å²) in [5, 5.41) is 23.9. The van der Waals surface area contributed by atoms with Crippen LogP contribution >= 0.6 is 0 Å². The average molecular weight is 268 g/mol. The Bertz CT molecular complexity index is 446. The number of rotatable bonds is 7. The van der Waals surface area contributed by atoms with Gasteiger partial charge in [-0.05, 0) is 19.4 Å². The Morgan fingerprint density at radius 1 is 1.53 bits per heavy atom. The third-order valence-electron chi connectivity index (χ3n) is 2.84. The maximum absolute atomic E-state index is 10.8. The predicted molar refractivity (Wildman–Crippen MR) is 73.7 cm³/mol. The number of nitrogens with zero attached hydrogens (tertiary/aromatic N) is 1. The van der Waals surface area contributed by atoms with E-state index in [1.54, 1.807) is 19.1 Å². The van der Waals surface area contributed by atoms with Gasteiger partial charge in [-0.25, -0.2) is 0 Å². The molecule has 19 heavy (non-hydrogen) atoms. The predicted octanol–water partition coefficient (Wildman–Crippen LogP) is 2.57.